The molecule has 1 rings (SSSR count). The highest BCUT2D eigenvalue weighted by molar-refractivity contribution is 7.92. The van der Waals surface area contributed by atoms with Gasteiger partial charge in [0.2, 0.25) is 14.9 Å². The Balaban J connectivity index is 3.54. The molecule has 0 radical (unpaired) electrons. The van der Waals surface area contributed by atoms with Gasteiger partial charge in [-0.1, -0.05) is 0 Å². The third kappa shape index (κ3) is 2.19. The van der Waals surface area contributed by atoms with Crippen LogP contribution in [0.5, 0.6) is 0 Å². The minimum atomic E-state index is -3.73. The van der Waals surface area contributed by atoms with Crippen molar-refractivity contribution in [2.45, 2.75) is 31.0 Å². The van der Waals surface area contributed by atoms with Crippen molar-refractivity contribution >= 4 is 15.5 Å². The fraction of sp³-hybridized carbons (Fsp3) is 0.444. The molecule has 0 aliphatic heterocycles. The molecule has 1 aromatic heterocycles. The summed E-state index contributed by atoms with van der Waals surface area (Å²) in [6, 6.07) is 2.58. The topological polar surface area (TPSA) is 90.2 Å². The monoisotopic (exact) mass is 244 g/mol. The molecular formula is C9H12N2O4S. The van der Waals surface area contributed by atoms with Gasteiger partial charge in [-0.2, -0.15) is 0 Å². The van der Waals surface area contributed by atoms with Crippen LogP contribution in [0.25, 0.3) is 0 Å². The number of rotatable bonds is 3. The molecule has 0 fully saturated rings. The molecule has 0 atom stereocenters. The second-order valence-electron chi connectivity index (χ2n) is 3.63. The number of hydrogen-bond donors (Lipinski definition) is 0. The van der Waals surface area contributed by atoms with E-state index in [1.807, 2.05) is 0 Å². The third-order valence-corrected chi connectivity index (χ3v) is 4.15. The van der Waals surface area contributed by atoms with Crippen molar-refractivity contribution in [3.05, 3.63) is 27.9 Å². The molecule has 0 saturated carbocycles. The molecule has 0 aromatic carbocycles. The van der Waals surface area contributed by atoms with Crippen LogP contribution in [-0.2, 0) is 9.84 Å². The van der Waals surface area contributed by atoms with Crippen LogP contribution < -0.4 is 0 Å². The molecule has 0 saturated heterocycles. The lowest BCUT2D eigenvalue weighted by molar-refractivity contribution is -0.388. The highest BCUT2D eigenvalue weighted by Gasteiger charge is 2.30. The molecule has 0 spiro atoms. The first-order chi connectivity index (χ1) is 7.26. The van der Waals surface area contributed by atoms with E-state index in [1.54, 1.807) is 6.92 Å². The fourth-order valence-corrected chi connectivity index (χ4v) is 2.25. The maximum Gasteiger partial charge on any atom is 0.306 e. The number of sulfone groups is 1. The van der Waals surface area contributed by atoms with Crippen LogP contribution >= 0.6 is 0 Å². The van der Waals surface area contributed by atoms with Crippen molar-refractivity contribution < 1.29 is 13.3 Å². The van der Waals surface area contributed by atoms with Gasteiger partial charge in [0.25, 0.3) is 0 Å². The summed E-state index contributed by atoms with van der Waals surface area (Å²) >= 11 is 0. The van der Waals surface area contributed by atoms with Gasteiger partial charge in [0, 0.05) is 11.8 Å². The second-order valence-corrected chi connectivity index (χ2v) is 6.05. The molecule has 1 heterocycles. The fourth-order valence-electron chi connectivity index (χ4n) is 1.10. The molecule has 1 aromatic rings. The number of pyridine rings is 1. The minimum absolute atomic E-state index is 0.435. The van der Waals surface area contributed by atoms with Gasteiger partial charge < -0.3 is 0 Å². The number of aryl methyl sites for hydroxylation is 1. The third-order valence-electron chi connectivity index (χ3n) is 2.07. The van der Waals surface area contributed by atoms with Crippen molar-refractivity contribution in [1.82, 2.24) is 4.98 Å². The average Bonchev–Trinajstić information content (AvgIpc) is 2.16. The van der Waals surface area contributed by atoms with Crippen molar-refractivity contribution in [1.29, 1.82) is 0 Å². The summed E-state index contributed by atoms with van der Waals surface area (Å²) in [5.41, 5.74) is -0.0378. The normalized spacial score (nSPS) is 11.8. The standard InChI is InChI=1S/C9H12N2O4S/c1-6(2)16(14,15)9-8(11(12)13)5-4-7(3)10-9/h4-6H,1-3H3. The van der Waals surface area contributed by atoms with E-state index in [2.05, 4.69) is 4.98 Å². The van der Waals surface area contributed by atoms with Gasteiger partial charge in [0.15, 0.2) is 0 Å². The summed E-state index contributed by atoms with van der Waals surface area (Å²) in [4.78, 5) is 13.7. The van der Waals surface area contributed by atoms with Crippen molar-refractivity contribution in [3.63, 3.8) is 0 Å². The molecule has 0 unspecified atom stereocenters. The number of nitrogens with zero attached hydrogens (tertiary/aromatic N) is 2. The molecule has 88 valence electrons. The van der Waals surface area contributed by atoms with Crippen LogP contribution in [0.3, 0.4) is 0 Å². The molecule has 6 nitrogen and oxygen atoms in total. The van der Waals surface area contributed by atoms with Crippen LogP contribution in [-0.4, -0.2) is 23.6 Å². The lowest BCUT2D eigenvalue weighted by Crippen LogP contribution is -2.17. The quantitative estimate of drug-likeness (QED) is 0.593. The van der Waals surface area contributed by atoms with E-state index in [0.717, 1.165) is 6.07 Å². The molecule has 0 aliphatic carbocycles. The Morgan fingerprint density at radius 2 is 1.94 bits per heavy atom. The van der Waals surface area contributed by atoms with E-state index in [-0.39, 0.29) is 0 Å². The predicted molar refractivity (Wildman–Crippen MR) is 58.0 cm³/mol. The van der Waals surface area contributed by atoms with Crippen LogP contribution in [0.15, 0.2) is 17.2 Å². The van der Waals surface area contributed by atoms with Gasteiger partial charge in [-0.15, -0.1) is 0 Å². The van der Waals surface area contributed by atoms with Gasteiger partial charge in [0.1, 0.15) is 0 Å². The first-order valence-corrected chi connectivity index (χ1v) is 6.17. The van der Waals surface area contributed by atoms with Gasteiger partial charge in [0.05, 0.1) is 10.2 Å². The number of hydrogen-bond acceptors (Lipinski definition) is 5. The molecule has 7 heteroatoms. The Morgan fingerprint density at radius 1 is 1.38 bits per heavy atom. The van der Waals surface area contributed by atoms with Gasteiger partial charge in [-0.05, 0) is 26.8 Å². The molecule has 16 heavy (non-hydrogen) atoms. The Labute approximate surface area is 93.4 Å². The van der Waals surface area contributed by atoms with Crippen molar-refractivity contribution in [2.75, 3.05) is 0 Å². The maximum absolute atomic E-state index is 11.8. The summed E-state index contributed by atoms with van der Waals surface area (Å²) in [5.74, 6) is 0. The first kappa shape index (κ1) is 12.6. The van der Waals surface area contributed by atoms with E-state index in [1.165, 1.54) is 19.9 Å². The first-order valence-electron chi connectivity index (χ1n) is 4.62. The predicted octanol–water partition coefficient (Wildman–Crippen LogP) is 1.48. The van der Waals surface area contributed by atoms with E-state index >= 15 is 0 Å². The summed E-state index contributed by atoms with van der Waals surface area (Å²) in [5, 5.41) is 9.52. The zero-order valence-electron chi connectivity index (χ0n) is 9.17. The lowest BCUT2D eigenvalue weighted by Gasteiger charge is -2.07. The molecular weight excluding hydrogens is 232 g/mol. The average molecular weight is 244 g/mol. The lowest BCUT2D eigenvalue weighted by atomic mass is 10.3. The van der Waals surface area contributed by atoms with Gasteiger partial charge >= 0.3 is 5.69 Å². The molecule has 0 N–H and O–H groups in total. The van der Waals surface area contributed by atoms with Crippen molar-refractivity contribution in [3.8, 4) is 0 Å². The highest BCUT2D eigenvalue weighted by Crippen LogP contribution is 2.24. The molecule has 0 aliphatic rings. The van der Waals surface area contributed by atoms with Crippen LogP contribution in [0.2, 0.25) is 0 Å². The highest BCUT2D eigenvalue weighted by atomic mass is 32.2. The number of aromatic nitrogens is 1. The van der Waals surface area contributed by atoms with Gasteiger partial charge in [-0.3, -0.25) is 10.1 Å². The Kier molecular flexibility index (Phi) is 3.27. The van der Waals surface area contributed by atoms with E-state index in [0.29, 0.717) is 5.69 Å². The summed E-state index contributed by atoms with van der Waals surface area (Å²) in [6.45, 7) is 4.51. The van der Waals surface area contributed by atoms with Crippen LogP contribution in [0, 0.1) is 17.0 Å². The largest absolute Gasteiger partial charge is 0.306 e. The Morgan fingerprint density at radius 3 is 2.38 bits per heavy atom. The summed E-state index contributed by atoms with van der Waals surface area (Å²) < 4.78 is 23.7. The summed E-state index contributed by atoms with van der Waals surface area (Å²) in [6.07, 6.45) is 0. The smallest absolute Gasteiger partial charge is 0.258 e. The van der Waals surface area contributed by atoms with Crippen LogP contribution in [0.4, 0.5) is 5.69 Å². The van der Waals surface area contributed by atoms with E-state index in [4.69, 9.17) is 0 Å². The zero-order valence-corrected chi connectivity index (χ0v) is 9.98. The maximum atomic E-state index is 11.8. The van der Waals surface area contributed by atoms with E-state index in [9.17, 15) is 18.5 Å². The van der Waals surface area contributed by atoms with Gasteiger partial charge in [-0.25, -0.2) is 13.4 Å². The second kappa shape index (κ2) is 4.17. The number of nitro groups is 1. The van der Waals surface area contributed by atoms with Crippen LogP contribution in [0.1, 0.15) is 19.5 Å². The Hall–Kier alpha value is -1.50. The SMILES string of the molecule is Cc1ccc([N+](=O)[O-])c(S(=O)(=O)C(C)C)n1. The molecule has 0 bridgehead atoms. The van der Waals surface area contributed by atoms with E-state index < -0.39 is 30.7 Å². The van der Waals surface area contributed by atoms with Crippen molar-refractivity contribution in [2.24, 2.45) is 0 Å². The summed E-state index contributed by atoms with van der Waals surface area (Å²) in [7, 11) is -3.73. The molecule has 0 amide bonds. The minimum Gasteiger partial charge on any atom is -0.258 e. The zero-order chi connectivity index (χ0) is 12.5. The Bertz CT molecular complexity index is 522.